The Labute approximate surface area is 157 Å². The molecule has 1 amide bonds. The number of aliphatic imine (C=N–C) groups is 1. The number of benzene rings is 2. The summed E-state index contributed by atoms with van der Waals surface area (Å²) in [6.07, 6.45) is 3.52. The van der Waals surface area contributed by atoms with E-state index in [0.29, 0.717) is 15.1 Å². The molecule has 128 valence electrons. The number of rotatable bonds is 2. The molecule has 3 aromatic rings. The van der Waals surface area contributed by atoms with E-state index in [1.807, 2.05) is 30.3 Å². The number of amides is 1. The minimum atomic E-state index is -0.441. The van der Waals surface area contributed by atoms with Gasteiger partial charge in [0.15, 0.2) is 5.17 Å². The Hall–Kier alpha value is -2.70. The molecule has 26 heavy (non-hydrogen) atoms. The zero-order valence-corrected chi connectivity index (χ0v) is 14.8. The van der Waals surface area contributed by atoms with Crippen LogP contribution in [-0.4, -0.2) is 16.1 Å². The molecule has 4 nitrogen and oxygen atoms in total. The quantitative estimate of drug-likeness (QED) is 0.639. The molecule has 7 heteroatoms. The van der Waals surface area contributed by atoms with Crippen molar-refractivity contribution in [3.8, 4) is 0 Å². The number of pyridine rings is 1. The van der Waals surface area contributed by atoms with E-state index in [1.54, 1.807) is 12.3 Å². The summed E-state index contributed by atoms with van der Waals surface area (Å²) in [6, 6.07) is 13.5. The second kappa shape index (κ2) is 6.90. The van der Waals surface area contributed by atoms with Crippen molar-refractivity contribution in [2.45, 2.75) is 0 Å². The van der Waals surface area contributed by atoms with Crippen LogP contribution in [0.4, 0.5) is 10.1 Å². The Morgan fingerprint density at radius 3 is 2.96 bits per heavy atom. The van der Waals surface area contributed by atoms with Crippen molar-refractivity contribution in [1.82, 2.24) is 10.3 Å². The third kappa shape index (κ3) is 3.47. The highest BCUT2D eigenvalue weighted by Crippen LogP contribution is 2.31. The van der Waals surface area contributed by atoms with Gasteiger partial charge in [-0.25, -0.2) is 9.38 Å². The van der Waals surface area contributed by atoms with Crippen molar-refractivity contribution in [3.05, 3.63) is 76.0 Å². The topological polar surface area (TPSA) is 54.4 Å². The first-order valence-corrected chi connectivity index (χ1v) is 8.87. The molecular formula is C19H11ClFN3OS. The number of thioether (sulfide) groups is 1. The minimum Gasteiger partial charge on any atom is -0.300 e. The van der Waals surface area contributed by atoms with E-state index >= 15 is 0 Å². The first-order valence-electron chi connectivity index (χ1n) is 7.68. The lowest BCUT2D eigenvalue weighted by Gasteiger charge is -2.00. The molecule has 2 aromatic carbocycles. The van der Waals surface area contributed by atoms with Gasteiger partial charge < -0.3 is 5.32 Å². The molecule has 0 spiro atoms. The molecular weight excluding hydrogens is 373 g/mol. The average Bonchev–Trinajstić information content (AvgIpc) is 2.97. The fraction of sp³-hybridized carbons (Fsp3) is 0. The van der Waals surface area contributed by atoms with Crippen LogP contribution in [0.1, 0.15) is 5.56 Å². The van der Waals surface area contributed by atoms with Crippen LogP contribution in [-0.2, 0) is 4.79 Å². The van der Waals surface area contributed by atoms with Crippen molar-refractivity contribution in [3.63, 3.8) is 0 Å². The minimum absolute atomic E-state index is 0.257. The van der Waals surface area contributed by atoms with Gasteiger partial charge in [0.2, 0.25) is 0 Å². The maximum absolute atomic E-state index is 13.4. The van der Waals surface area contributed by atoms with E-state index in [2.05, 4.69) is 15.3 Å². The van der Waals surface area contributed by atoms with Crippen molar-refractivity contribution in [1.29, 1.82) is 0 Å². The molecule has 4 rings (SSSR count). The summed E-state index contributed by atoms with van der Waals surface area (Å²) in [5.41, 5.74) is 2.04. The summed E-state index contributed by atoms with van der Waals surface area (Å²) in [4.78, 5) is 21.2. The molecule has 1 N–H and O–H groups in total. The van der Waals surface area contributed by atoms with E-state index in [9.17, 15) is 9.18 Å². The Kier molecular flexibility index (Phi) is 4.44. The maximum atomic E-state index is 13.4. The van der Waals surface area contributed by atoms with Crippen molar-refractivity contribution in [2.24, 2.45) is 4.99 Å². The largest absolute Gasteiger partial charge is 0.300 e. The fourth-order valence-electron chi connectivity index (χ4n) is 2.50. The van der Waals surface area contributed by atoms with Gasteiger partial charge in [-0.15, -0.1) is 0 Å². The molecule has 0 atom stereocenters. The number of carbonyl (C=O) groups excluding carboxylic acids is 1. The smallest absolute Gasteiger partial charge is 0.264 e. The van der Waals surface area contributed by atoms with Crippen LogP contribution < -0.4 is 5.32 Å². The molecule has 0 bridgehead atoms. The number of fused-ring (bicyclic) bond motifs is 1. The van der Waals surface area contributed by atoms with Crippen LogP contribution in [0, 0.1) is 5.82 Å². The number of nitrogens with one attached hydrogen (secondary N) is 1. The van der Waals surface area contributed by atoms with E-state index in [4.69, 9.17) is 11.6 Å². The van der Waals surface area contributed by atoms with Crippen LogP contribution in [0.3, 0.4) is 0 Å². The van der Waals surface area contributed by atoms with Crippen LogP contribution >= 0.6 is 23.4 Å². The molecule has 1 aliphatic heterocycles. The van der Waals surface area contributed by atoms with Gasteiger partial charge in [0.05, 0.1) is 21.1 Å². The lowest BCUT2D eigenvalue weighted by molar-refractivity contribution is -0.115. The number of nitrogens with zero attached hydrogens (tertiary/aromatic N) is 2. The summed E-state index contributed by atoms with van der Waals surface area (Å²) < 4.78 is 13.4. The lowest BCUT2D eigenvalue weighted by atomic mass is 10.1. The molecule has 0 saturated carbocycles. The normalized spacial score (nSPS) is 17.2. The van der Waals surface area contributed by atoms with Crippen LogP contribution in [0.5, 0.6) is 0 Å². The lowest BCUT2D eigenvalue weighted by Crippen LogP contribution is -2.19. The Morgan fingerprint density at radius 1 is 1.19 bits per heavy atom. The second-order valence-electron chi connectivity index (χ2n) is 5.53. The predicted molar refractivity (Wildman–Crippen MR) is 104 cm³/mol. The van der Waals surface area contributed by atoms with Gasteiger partial charge in [-0.1, -0.05) is 23.7 Å². The fourth-order valence-corrected chi connectivity index (χ4v) is 3.49. The van der Waals surface area contributed by atoms with Crippen LogP contribution in [0.25, 0.3) is 17.0 Å². The average molecular weight is 384 g/mol. The monoisotopic (exact) mass is 383 g/mol. The summed E-state index contributed by atoms with van der Waals surface area (Å²) in [5, 5.41) is 4.33. The van der Waals surface area contributed by atoms with Gasteiger partial charge in [-0.3, -0.25) is 9.78 Å². The highest BCUT2D eigenvalue weighted by atomic mass is 35.5. The van der Waals surface area contributed by atoms with Crippen LogP contribution in [0.15, 0.2) is 64.6 Å². The van der Waals surface area contributed by atoms with Gasteiger partial charge in [-0.2, -0.15) is 0 Å². The first kappa shape index (κ1) is 16.8. The molecule has 1 fully saturated rings. The molecule has 0 unspecified atom stereocenters. The number of hydrogen-bond acceptors (Lipinski definition) is 4. The number of halogens is 2. The molecule has 0 radical (unpaired) electrons. The third-order valence-electron chi connectivity index (χ3n) is 3.71. The molecule has 1 aromatic heterocycles. The van der Waals surface area contributed by atoms with Gasteiger partial charge in [0.1, 0.15) is 5.82 Å². The Balaban J connectivity index is 1.63. The van der Waals surface area contributed by atoms with Crippen LogP contribution in [0.2, 0.25) is 5.02 Å². The molecule has 1 saturated heterocycles. The Morgan fingerprint density at radius 2 is 2.08 bits per heavy atom. The SMILES string of the molecule is O=C1NC(=Nc2cc(F)ccc2Cl)S/C1=C/c1ccc2ncccc2c1. The van der Waals surface area contributed by atoms with Gasteiger partial charge in [0, 0.05) is 17.6 Å². The third-order valence-corrected chi connectivity index (χ3v) is 4.94. The molecule has 2 heterocycles. The van der Waals surface area contributed by atoms with Crippen molar-refractivity contribution >= 4 is 57.1 Å². The maximum Gasteiger partial charge on any atom is 0.264 e. The van der Waals surface area contributed by atoms with Gasteiger partial charge in [0.25, 0.3) is 5.91 Å². The molecule has 0 aliphatic carbocycles. The standard InChI is InChI=1S/C19H11ClFN3OS/c20-14-5-4-13(21)10-16(14)23-19-24-18(25)17(26-19)9-11-3-6-15-12(8-11)2-1-7-22-15/h1-10H,(H,23,24,25)/b17-9+. The van der Waals surface area contributed by atoms with Gasteiger partial charge >= 0.3 is 0 Å². The van der Waals surface area contributed by atoms with Crippen molar-refractivity contribution in [2.75, 3.05) is 0 Å². The van der Waals surface area contributed by atoms with E-state index in [0.717, 1.165) is 16.5 Å². The number of hydrogen-bond donors (Lipinski definition) is 1. The number of carbonyl (C=O) groups is 1. The van der Waals surface area contributed by atoms with Gasteiger partial charge in [-0.05, 0) is 53.7 Å². The Bertz CT molecular complexity index is 1100. The van der Waals surface area contributed by atoms with E-state index < -0.39 is 5.82 Å². The second-order valence-corrected chi connectivity index (χ2v) is 6.97. The number of aromatic nitrogens is 1. The van der Waals surface area contributed by atoms with E-state index in [-0.39, 0.29) is 11.6 Å². The summed E-state index contributed by atoms with van der Waals surface area (Å²) in [6.45, 7) is 0. The first-order chi connectivity index (χ1) is 12.6. The highest BCUT2D eigenvalue weighted by molar-refractivity contribution is 8.18. The zero-order valence-electron chi connectivity index (χ0n) is 13.2. The zero-order chi connectivity index (χ0) is 18.1. The number of amidine groups is 1. The van der Waals surface area contributed by atoms with Crippen molar-refractivity contribution < 1.29 is 9.18 Å². The highest BCUT2D eigenvalue weighted by Gasteiger charge is 2.24. The summed E-state index contributed by atoms with van der Waals surface area (Å²) in [5.74, 6) is -0.698. The summed E-state index contributed by atoms with van der Waals surface area (Å²) >= 11 is 7.20. The summed E-state index contributed by atoms with van der Waals surface area (Å²) in [7, 11) is 0. The van der Waals surface area contributed by atoms with E-state index in [1.165, 1.54) is 30.0 Å². The molecule has 1 aliphatic rings. The predicted octanol–water partition coefficient (Wildman–Crippen LogP) is 4.92.